The van der Waals surface area contributed by atoms with E-state index in [2.05, 4.69) is 19.2 Å². The number of alkyl halides is 3. The molecule has 0 amide bonds. The smallest absolute Gasteiger partial charge is 0.310 e. The predicted octanol–water partition coefficient (Wildman–Crippen LogP) is 4.71. The van der Waals surface area contributed by atoms with Crippen LogP contribution in [-0.2, 0) is 6.18 Å². The molecule has 0 heterocycles. The number of nitrogens with one attached hydrogen (secondary N) is 1. The zero-order chi connectivity index (χ0) is 14.6. The van der Waals surface area contributed by atoms with Crippen LogP contribution >= 0.6 is 0 Å². The molecule has 0 aliphatic heterocycles. The molecule has 0 aliphatic carbocycles. The van der Waals surface area contributed by atoms with Gasteiger partial charge in [-0.15, -0.1) is 0 Å². The molecule has 0 saturated carbocycles. The van der Waals surface area contributed by atoms with Crippen molar-refractivity contribution in [3.63, 3.8) is 0 Å². The number of aryl methyl sites for hydroxylation is 1. The minimum absolute atomic E-state index is 0.118. The highest BCUT2D eigenvalue weighted by Gasteiger charge is 2.31. The maximum Gasteiger partial charge on any atom is 0.416 e. The molecule has 0 fully saturated rings. The summed E-state index contributed by atoms with van der Waals surface area (Å²) in [6.07, 6.45) is -3.35. The molecule has 1 aromatic carbocycles. The van der Waals surface area contributed by atoms with E-state index in [4.69, 9.17) is 0 Å². The lowest BCUT2D eigenvalue weighted by molar-refractivity contribution is -0.137. The van der Waals surface area contributed by atoms with Gasteiger partial charge in [-0.05, 0) is 49.1 Å². The van der Waals surface area contributed by atoms with Gasteiger partial charge in [-0.25, -0.2) is 0 Å². The Hall–Kier alpha value is -1.03. The second kappa shape index (κ2) is 6.42. The molecule has 0 radical (unpaired) electrons. The van der Waals surface area contributed by atoms with Crippen molar-refractivity contribution >= 4 is 0 Å². The summed E-state index contributed by atoms with van der Waals surface area (Å²) in [7, 11) is 0. The van der Waals surface area contributed by atoms with E-state index < -0.39 is 11.7 Å². The molecule has 1 nitrogen and oxygen atoms in total. The number of rotatable bonds is 5. The Bertz CT molecular complexity index is 410. The van der Waals surface area contributed by atoms with Gasteiger partial charge in [0, 0.05) is 6.04 Å². The monoisotopic (exact) mass is 273 g/mol. The van der Waals surface area contributed by atoms with E-state index in [0.29, 0.717) is 11.5 Å². The second-order valence-corrected chi connectivity index (χ2v) is 5.31. The van der Waals surface area contributed by atoms with Crippen molar-refractivity contribution < 1.29 is 13.2 Å². The summed E-state index contributed by atoms with van der Waals surface area (Å²) >= 11 is 0. The molecule has 19 heavy (non-hydrogen) atoms. The predicted molar refractivity (Wildman–Crippen MR) is 72.1 cm³/mol. The van der Waals surface area contributed by atoms with Crippen LogP contribution in [0.25, 0.3) is 0 Å². The highest BCUT2D eigenvalue weighted by atomic mass is 19.4. The third kappa shape index (κ3) is 4.53. The normalized spacial score (nSPS) is 13.9. The van der Waals surface area contributed by atoms with Crippen LogP contribution in [0.5, 0.6) is 0 Å². The van der Waals surface area contributed by atoms with Crippen LogP contribution in [0.1, 0.15) is 49.9 Å². The molecule has 0 saturated heterocycles. The lowest BCUT2D eigenvalue weighted by atomic mass is 9.92. The maximum atomic E-state index is 12.6. The van der Waals surface area contributed by atoms with Gasteiger partial charge >= 0.3 is 6.18 Å². The summed E-state index contributed by atoms with van der Waals surface area (Å²) in [6, 6.07) is 4.13. The summed E-state index contributed by atoms with van der Waals surface area (Å²) in [5.41, 5.74) is 1.08. The van der Waals surface area contributed by atoms with Crippen molar-refractivity contribution in [2.24, 2.45) is 5.92 Å². The molecule has 4 heteroatoms. The van der Waals surface area contributed by atoms with Gasteiger partial charge < -0.3 is 5.32 Å². The molecule has 1 rings (SSSR count). The first-order valence-electron chi connectivity index (χ1n) is 6.66. The molecule has 0 aliphatic rings. The Morgan fingerprint density at radius 2 is 1.84 bits per heavy atom. The first-order chi connectivity index (χ1) is 8.75. The SMILES string of the molecule is CCNC(CC(C)C)c1ccc(C(F)(F)F)cc1C. The molecular weight excluding hydrogens is 251 g/mol. The van der Waals surface area contributed by atoms with Gasteiger partial charge in [0.2, 0.25) is 0 Å². The Morgan fingerprint density at radius 3 is 2.26 bits per heavy atom. The van der Waals surface area contributed by atoms with Crippen molar-refractivity contribution in [3.05, 3.63) is 34.9 Å². The van der Waals surface area contributed by atoms with Gasteiger partial charge in [-0.2, -0.15) is 13.2 Å². The first kappa shape index (κ1) is 16.0. The van der Waals surface area contributed by atoms with E-state index in [1.807, 2.05) is 6.92 Å². The Morgan fingerprint density at radius 1 is 1.21 bits per heavy atom. The van der Waals surface area contributed by atoms with E-state index in [9.17, 15) is 13.2 Å². The van der Waals surface area contributed by atoms with Crippen LogP contribution in [0.4, 0.5) is 13.2 Å². The Kier molecular flexibility index (Phi) is 5.41. The average Bonchev–Trinajstić information content (AvgIpc) is 2.26. The van der Waals surface area contributed by atoms with E-state index >= 15 is 0 Å². The van der Waals surface area contributed by atoms with Gasteiger partial charge in [0.15, 0.2) is 0 Å². The number of benzene rings is 1. The van der Waals surface area contributed by atoms with Crippen LogP contribution in [-0.4, -0.2) is 6.54 Å². The van der Waals surface area contributed by atoms with E-state index in [1.54, 1.807) is 13.0 Å². The first-order valence-corrected chi connectivity index (χ1v) is 6.66. The fourth-order valence-corrected chi connectivity index (χ4v) is 2.28. The van der Waals surface area contributed by atoms with Gasteiger partial charge in [0.25, 0.3) is 0 Å². The fourth-order valence-electron chi connectivity index (χ4n) is 2.28. The van der Waals surface area contributed by atoms with Crippen LogP contribution in [0.15, 0.2) is 18.2 Å². The third-order valence-corrected chi connectivity index (χ3v) is 3.13. The molecule has 1 atom stereocenters. The molecule has 108 valence electrons. The average molecular weight is 273 g/mol. The van der Waals surface area contributed by atoms with Crippen LogP contribution < -0.4 is 5.32 Å². The zero-order valence-electron chi connectivity index (χ0n) is 11.9. The van der Waals surface area contributed by atoms with Gasteiger partial charge in [-0.3, -0.25) is 0 Å². The van der Waals surface area contributed by atoms with Crippen LogP contribution in [0.3, 0.4) is 0 Å². The summed E-state index contributed by atoms with van der Waals surface area (Å²) in [5.74, 6) is 0.491. The van der Waals surface area contributed by atoms with Crippen LogP contribution in [0, 0.1) is 12.8 Å². The van der Waals surface area contributed by atoms with Gasteiger partial charge in [-0.1, -0.05) is 26.8 Å². The highest BCUT2D eigenvalue weighted by molar-refractivity contribution is 5.34. The molecule has 0 aromatic heterocycles. The molecule has 1 N–H and O–H groups in total. The van der Waals surface area contributed by atoms with Gasteiger partial charge in [0.05, 0.1) is 5.56 Å². The Labute approximate surface area is 113 Å². The van der Waals surface area contributed by atoms with Crippen molar-refractivity contribution in [1.29, 1.82) is 0 Å². The second-order valence-electron chi connectivity index (χ2n) is 5.31. The largest absolute Gasteiger partial charge is 0.416 e. The van der Waals surface area contributed by atoms with Crippen molar-refractivity contribution in [1.82, 2.24) is 5.32 Å². The van der Waals surface area contributed by atoms with Crippen molar-refractivity contribution in [3.8, 4) is 0 Å². The number of halogens is 3. The summed E-state index contributed by atoms with van der Waals surface area (Å²) in [4.78, 5) is 0. The zero-order valence-corrected chi connectivity index (χ0v) is 11.9. The van der Waals surface area contributed by atoms with E-state index in [0.717, 1.165) is 18.5 Å². The number of hydrogen-bond donors (Lipinski definition) is 1. The standard InChI is InChI=1S/C15H22F3N/c1-5-19-14(8-10(2)3)13-7-6-12(9-11(13)4)15(16,17)18/h6-7,9-10,14,19H,5,8H2,1-4H3. The topological polar surface area (TPSA) is 12.0 Å². The van der Waals surface area contributed by atoms with E-state index in [-0.39, 0.29) is 6.04 Å². The quantitative estimate of drug-likeness (QED) is 0.819. The minimum atomic E-state index is -4.27. The lowest BCUT2D eigenvalue weighted by Crippen LogP contribution is -2.23. The van der Waals surface area contributed by atoms with Crippen molar-refractivity contribution in [2.75, 3.05) is 6.54 Å². The summed E-state index contributed by atoms with van der Waals surface area (Å²) < 4.78 is 37.9. The summed E-state index contributed by atoms with van der Waals surface area (Å²) in [5, 5.41) is 3.35. The minimum Gasteiger partial charge on any atom is -0.310 e. The van der Waals surface area contributed by atoms with Crippen LogP contribution in [0.2, 0.25) is 0 Å². The van der Waals surface area contributed by atoms with Gasteiger partial charge in [0.1, 0.15) is 0 Å². The summed E-state index contributed by atoms with van der Waals surface area (Å²) in [6.45, 7) is 8.79. The maximum absolute atomic E-state index is 12.6. The third-order valence-electron chi connectivity index (χ3n) is 3.13. The molecule has 0 bridgehead atoms. The van der Waals surface area contributed by atoms with Crippen molar-refractivity contribution in [2.45, 2.75) is 46.3 Å². The van der Waals surface area contributed by atoms with E-state index in [1.165, 1.54) is 12.1 Å². The molecule has 0 spiro atoms. The highest BCUT2D eigenvalue weighted by Crippen LogP contribution is 2.32. The Balaban J connectivity index is 3.04. The lowest BCUT2D eigenvalue weighted by Gasteiger charge is -2.23. The fraction of sp³-hybridized carbons (Fsp3) is 0.600. The number of hydrogen-bond acceptors (Lipinski definition) is 1. The molecule has 1 unspecified atom stereocenters. The molecule has 1 aromatic rings. The molecular formula is C15H22F3N.